The maximum absolute atomic E-state index is 6.56. The zero-order valence-corrected chi connectivity index (χ0v) is 23.2. The largest absolute Gasteiger partial charge is 0.464 e. The first-order chi connectivity index (χ1) is 15.8. The Bertz CT molecular complexity index is 741. The predicted molar refractivity (Wildman–Crippen MR) is 140 cm³/mol. The molecule has 0 heterocycles. The first-order valence-corrected chi connectivity index (χ1v) is 14.7. The average molecular weight is 479 g/mol. The minimum atomic E-state index is -1.69. The minimum absolute atomic E-state index is 0.155. The lowest BCUT2D eigenvalue weighted by Crippen LogP contribution is -2.35. The van der Waals surface area contributed by atoms with E-state index in [1.807, 2.05) is 6.07 Å². The molecule has 188 valence electrons. The Morgan fingerprint density at radius 3 is 2.09 bits per heavy atom. The van der Waals surface area contributed by atoms with Gasteiger partial charge in [-0.3, -0.25) is 0 Å². The van der Waals surface area contributed by atoms with Crippen molar-refractivity contribution in [3.05, 3.63) is 46.6 Å². The third-order valence-corrected chi connectivity index (χ3v) is 10.7. The molecule has 0 bridgehead atoms. The zero-order valence-electron chi connectivity index (χ0n) is 22.2. The Labute approximate surface area is 203 Å². The lowest BCUT2D eigenvalue weighted by Gasteiger charge is -2.28. The number of benzene rings is 1. The van der Waals surface area contributed by atoms with Crippen LogP contribution in [0.4, 0.5) is 0 Å². The molecule has 0 amide bonds. The van der Waals surface area contributed by atoms with E-state index in [0.717, 1.165) is 48.5 Å². The van der Waals surface area contributed by atoms with Gasteiger partial charge in [0, 0.05) is 19.8 Å². The van der Waals surface area contributed by atoms with Crippen LogP contribution in [0.25, 0.3) is 0 Å². The summed E-state index contributed by atoms with van der Waals surface area (Å²) in [5, 5.41) is 0. The molecule has 1 rings (SSSR count). The summed E-state index contributed by atoms with van der Waals surface area (Å²) in [5.41, 5.74) is 4.89. The molecule has 33 heavy (non-hydrogen) atoms. The third kappa shape index (κ3) is 10.5. The van der Waals surface area contributed by atoms with Crippen LogP contribution in [-0.4, -0.2) is 36.1 Å². The second kappa shape index (κ2) is 16.1. The highest BCUT2D eigenvalue weighted by Gasteiger charge is 2.28. The topological polar surface area (TPSA) is 46.2 Å². The van der Waals surface area contributed by atoms with Crippen LogP contribution in [0.2, 0.25) is 18.1 Å². The predicted octanol–water partition coefficient (Wildman–Crippen LogP) is 7.41. The summed E-state index contributed by atoms with van der Waals surface area (Å²) in [6.45, 7) is 14.1. The van der Waals surface area contributed by atoms with Gasteiger partial charge in [-0.15, -0.1) is 0 Å². The molecule has 6 heteroatoms. The highest BCUT2D eigenvalue weighted by atomic mass is 28.4. The molecule has 5 nitrogen and oxygen atoms in total. The van der Waals surface area contributed by atoms with Gasteiger partial charge >= 0.3 is 0 Å². The highest BCUT2D eigenvalue weighted by molar-refractivity contribution is 6.73. The molecule has 0 radical (unpaired) electrons. The Balaban J connectivity index is 3.23. The van der Waals surface area contributed by atoms with Crippen molar-refractivity contribution in [2.75, 3.05) is 27.8 Å². The number of ether oxygens (including phenoxy) is 4. The molecule has 0 spiro atoms. The van der Waals surface area contributed by atoms with Gasteiger partial charge in [0.05, 0.1) is 6.61 Å². The Hall–Kier alpha value is -1.60. The summed E-state index contributed by atoms with van der Waals surface area (Å²) in [7, 11) is 1.55. The molecule has 0 aromatic heterocycles. The summed E-state index contributed by atoms with van der Waals surface area (Å²) in [5.74, 6) is 1.37. The maximum atomic E-state index is 6.56. The van der Waals surface area contributed by atoms with Gasteiger partial charge in [-0.05, 0) is 75.9 Å². The van der Waals surface area contributed by atoms with Crippen molar-refractivity contribution in [1.29, 1.82) is 0 Å². The van der Waals surface area contributed by atoms with Gasteiger partial charge in [-0.2, -0.15) is 0 Å². The summed E-state index contributed by atoms with van der Waals surface area (Å²) < 4.78 is 28.8. The van der Waals surface area contributed by atoms with E-state index in [4.69, 9.17) is 23.4 Å². The van der Waals surface area contributed by atoms with Crippen molar-refractivity contribution >= 4 is 8.32 Å². The molecule has 0 saturated heterocycles. The van der Waals surface area contributed by atoms with Crippen molar-refractivity contribution < 1.29 is 23.4 Å². The molecule has 0 fully saturated rings. The zero-order chi connectivity index (χ0) is 24.7. The van der Waals surface area contributed by atoms with Crippen molar-refractivity contribution in [3.63, 3.8) is 0 Å². The number of rotatable bonds is 17. The van der Waals surface area contributed by atoms with Crippen LogP contribution < -0.4 is 9.47 Å². The molecular formula is C27H46O5Si. The van der Waals surface area contributed by atoms with E-state index < -0.39 is 8.32 Å². The lowest BCUT2D eigenvalue weighted by molar-refractivity contribution is 0.0316. The average Bonchev–Trinajstić information content (AvgIpc) is 2.81. The summed E-state index contributed by atoms with van der Waals surface area (Å²) in [4.78, 5) is 0. The quantitative estimate of drug-likeness (QED) is 0.132. The van der Waals surface area contributed by atoms with Crippen molar-refractivity contribution in [3.8, 4) is 11.5 Å². The van der Waals surface area contributed by atoms with Crippen LogP contribution in [-0.2, 0) is 26.9 Å². The summed E-state index contributed by atoms with van der Waals surface area (Å²) in [6.07, 6.45) is 7.43. The second-order valence-electron chi connectivity index (χ2n) is 8.79. The van der Waals surface area contributed by atoms with E-state index >= 15 is 0 Å². The SMILES string of the molecule is CC[Si](CC)(CC)OCc1cc(C/C=C(\C)CCC=C(C)C)c(OCOC)c(OCOC)c1. The monoisotopic (exact) mass is 478 g/mol. The first-order valence-electron chi connectivity index (χ1n) is 12.2. The van der Waals surface area contributed by atoms with Crippen LogP contribution in [0.3, 0.4) is 0 Å². The van der Waals surface area contributed by atoms with E-state index in [9.17, 15) is 0 Å². The second-order valence-corrected chi connectivity index (χ2v) is 13.6. The molecule has 1 aromatic carbocycles. The molecule has 1 aromatic rings. The molecule has 0 atom stereocenters. The standard InChI is InChI=1S/C27H46O5Si/c1-9-33(10-2,11-3)32-19-24-17-25(16-15-23(6)14-12-13-22(4)5)27(31-21-29-8)26(18-24)30-20-28-7/h13,15,17-18H,9-12,14,16,19-21H2,1-8H3/b23-15+. The van der Waals surface area contributed by atoms with Gasteiger partial charge in [0.2, 0.25) is 0 Å². The van der Waals surface area contributed by atoms with Crippen molar-refractivity contribution in [1.82, 2.24) is 0 Å². The van der Waals surface area contributed by atoms with E-state index in [2.05, 4.69) is 59.8 Å². The van der Waals surface area contributed by atoms with E-state index in [-0.39, 0.29) is 13.6 Å². The molecular weight excluding hydrogens is 432 g/mol. The van der Waals surface area contributed by atoms with Crippen LogP contribution in [0, 0.1) is 0 Å². The van der Waals surface area contributed by atoms with Crippen molar-refractivity contribution in [2.45, 2.75) is 85.5 Å². The highest BCUT2D eigenvalue weighted by Crippen LogP contribution is 2.35. The fraction of sp³-hybridized carbons (Fsp3) is 0.630. The Morgan fingerprint density at radius 1 is 0.879 bits per heavy atom. The van der Waals surface area contributed by atoms with Gasteiger partial charge in [-0.25, -0.2) is 0 Å². The Morgan fingerprint density at radius 2 is 1.52 bits per heavy atom. The minimum Gasteiger partial charge on any atom is -0.464 e. The molecule has 0 unspecified atom stereocenters. The van der Waals surface area contributed by atoms with E-state index in [1.165, 1.54) is 11.1 Å². The van der Waals surface area contributed by atoms with Crippen molar-refractivity contribution in [2.24, 2.45) is 0 Å². The summed E-state index contributed by atoms with van der Waals surface area (Å²) >= 11 is 0. The number of hydrogen-bond donors (Lipinski definition) is 0. The maximum Gasteiger partial charge on any atom is 0.192 e. The van der Waals surface area contributed by atoms with Gasteiger partial charge in [0.15, 0.2) is 33.4 Å². The van der Waals surface area contributed by atoms with Gasteiger partial charge in [-0.1, -0.05) is 44.1 Å². The first kappa shape index (κ1) is 29.4. The van der Waals surface area contributed by atoms with E-state index in [1.54, 1.807) is 14.2 Å². The smallest absolute Gasteiger partial charge is 0.192 e. The van der Waals surface area contributed by atoms with Gasteiger partial charge in [0.1, 0.15) is 0 Å². The van der Waals surface area contributed by atoms with Crippen LogP contribution in [0.1, 0.15) is 65.5 Å². The fourth-order valence-electron chi connectivity index (χ4n) is 3.74. The number of hydrogen-bond acceptors (Lipinski definition) is 5. The molecule has 0 aliphatic heterocycles. The molecule has 0 saturated carbocycles. The van der Waals surface area contributed by atoms with Crippen LogP contribution in [0.15, 0.2) is 35.4 Å². The third-order valence-electron chi connectivity index (χ3n) is 6.08. The Kier molecular flexibility index (Phi) is 14.4. The van der Waals surface area contributed by atoms with Crippen LogP contribution >= 0.6 is 0 Å². The molecule has 0 aliphatic rings. The summed E-state index contributed by atoms with van der Waals surface area (Å²) in [6, 6.07) is 7.58. The number of allylic oxidation sites excluding steroid dienone is 4. The molecule has 0 aliphatic carbocycles. The number of methoxy groups -OCH3 is 2. The van der Waals surface area contributed by atoms with E-state index in [0.29, 0.717) is 18.1 Å². The fourth-order valence-corrected chi connectivity index (χ4v) is 6.32. The van der Waals surface area contributed by atoms with Crippen LogP contribution in [0.5, 0.6) is 11.5 Å². The molecule has 0 N–H and O–H groups in total. The van der Waals surface area contributed by atoms with Gasteiger partial charge in [0.25, 0.3) is 0 Å². The van der Waals surface area contributed by atoms with Gasteiger partial charge < -0.3 is 23.4 Å². The normalized spacial score (nSPS) is 12.1. The lowest BCUT2D eigenvalue weighted by atomic mass is 10.0.